The lowest BCUT2D eigenvalue weighted by molar-refractivity contribution is -0.385. The first-order chi connectivity index (χ1) is 11.9. The number of rotatable bonds is 6. The van der Waals surface area contributed by atoms with Crippen LogP contribution in [0.3, 0.4) is 0 Å². The van der Waals surface area contributed by atoms with Gasteiger partial charge < -0.3 is 10.1 Å². The van der Waals surface area contributed by atoms with E-state index >= 15 is 0 Å². The lowest BCUT2D eigenvalue weighted by Gasteiger charge is -2.19. The van der Waals surface area contributed by atoms with Crippen LogP contribution in [0.2, 0.25) is 0 Å². The molecule has 1 unspecified atom stereocenters. The summed E-state index contributed by atoms with van der Waals surface area (Å²) in [5.74, 6) is 0.550. The Hall–Kier alpha value is -2.89. The lowest BCUT2D eigenvalue weighted by Crippen LogP contribution is -2.28. The maximum atomic E-state index is 12.5. The summed E-state index contributed by atoms with van der Waals surface area (Å²) in [4.78, 5) is 23.0. The minimum absolute atomic E-state index is 0.00868. The minimum Gasteiger partial charge on any atom is -0.496 e. The summed E-state index contributed by atoms with van der Waals surface area (Å²) >= 11 is 0. The molecule has 0 aliphatic rings. The van der Waals surface area contributed by atoms with Crippen LogP contribution in [0.1, 0.15) is 46.4 Å². The molecule has 1 atom stereocenters. The quantitative estimate of drug-likeness (QED) is 0.633. The largest absolute Gasteiger partial charge is 0.496 e. The van der Waals surface area contributed by atoms with Crippen molar-refractivity contribution in [3.05, 3.63) is 68.8 Å². The first-order valence-electron chi connectivity index (χ1n) is 8.07. The van der Waals surface area contributed by atoms with Gasteiger partial charge in [0.2, 0.25) is 0 Å². The highest BCUT2D eigenvalue weighted by Crippen LogP contribution is 2.25. The minimum atomic E-state index is -0.452. The highest BCUT2D eigenvalue weighted by atomic mass is 16.6. The van der Waals surface area contributed by atoms with Crippen molar-refractivity contribution in [2.75, 3.05) is 7.11 Å². The van der Waals surface area contributed by atoms with Crippen molar-refractivity contribution in [2.24, 2.45) is 0 Å². The molecule has 0 heterocycles. The number of carbonyl (C=O) groups excluding carboxylic acids is 1. The van der Waals surface area contributed by atoms with Crippen molar-refractivity contribution in [1.29, 1.82) is 0 Å². The Balaban J connectivity index is 2.21. The molecule has 0 fully saturated rings. The van der Waals surface area contributed by atoms with Gasteiger partial charge in [0.25, 0.3) is 11.6 Å². The molecule has 2 rings (SSSR count). The Morgan fingerprint density at radius 2 is 1.92 bits per heavy atom. The molecule has 2 aromatic carbocycles. The van der Waals surface area contributed by atoms with Gasteiger partial charge >= 0.3 is 0 Å². The Labute approximate surface area is 147 Å². The molecule has 6 heteroatoms. The predicted octanol–water partition coefficient (Wildman–Crippen LogP) is 4.10. The van der Waals surface area contributed by atoms with Gasteiger partial charge in [-0.15, -0.1) is 0 Å². The molecule has 1 amide bonds. The first kappa shape index (κ1) is 18.4. The average Bonchev–Trinajstić information content (AvgIpc) is 2.58. The molecule has 0 saturated carbocycles. The van der Waals surface area contributed by atoms with Gasteiger partial charge in [-0.05, 0) is 49.6 Å². The van der Waals surface area contributed by atoms with Crippen molar-refractivity contribution in [2.45, 2.75) is 33.2 Å². The van der Waals surface area contributed by atoms with Gasteiger partial charge in [0, 0.05) is 17.2 Å². The molecule has 1 N–H and O–H groups in total. The number of amides is 1. The van der Waals surface area contributed by atoms with Crippen LogP contribution in [0.15, 0.2) is 36.4 Å². The van der Waals surface area contributed by atoms with E-state index in [1.165, 1.54) is 12.1 Å². The molecule has 0 radical (unpaired) electrons. The number of carbonyl (C=O) groups is 1. The number of ether oxygens (including phenoxy) is 1. The van der Waals surface area contributed by atoms with Crippen molar-refractivity contribution in [1.82, 2.24) is 5.32 Å². The van der Waals surface area contributed by atoms with Crippen LogP contribution in [0.4, 0.5) is 5.69 Å². The van der Waals surface area contributed by atoms with Gasteiger partial charge in [-0.3, -0.25) is 14.9 Å². The normalized spacial score (nSPS) is 11.7. The fourth-order valence-electron chi connectivity index (χ4n) is 2.78. The van der Waals surface area contributed by atoms with Crippen LogP contribution in [-0.2, 0) is 0 Å². The van der Waals surface area contributed by atoms with E-state index in [1.807, 2.05) is 32.0 Å². The van der Waals surface area contributed by atoms with Crippen molar-refractivity contribution >= 4 is 11.6 Å². The second kappa shape index (κ2) is 7.79. The zero-order valence-corrected chi connectivity index (χ0v) is 14.8. The molecule has 6 nitrogen and oxygen atoms in total. The molecule has 2 aromatic rings. The number of hydrogen-bond donors (Lipinski definition) is 1. The maximum Gasteiger partial charge on any atom is 0.272 e. The van der Waals surface area contributed by atoms with Crippen molar-refractivity contribution in [3.63, 3.8) is 0 Å². The number of aryl methyl sites for hydroxylation is 2. The van der Waals surface area contributed by atoms with E-state index in [0.29, 0.717) is 11.1 Å². The smallest absolute Gasteiger partial charge is 0.272 e. The standard InChI is InChI=1S/C19H22N2O4/c1-5-16(14-7-9-18(25-4)13(3)11-14)20-19(22)15-6-8-17(21(23)24)12(2)10-15/h6-11,16H,5H2,1-4H3,(H,20,22). The Bertz CT molecular complexity index is 802. The van der Waals surface area contributed by atoms with Crippen LogP contribution < -0.4 is 10.1 Å². The number of methoxy groups -OCH3 is 1. The van der Waals surface area contributed by atoms with E-state index in [4.69, 9.17) is 4.74 Å². The third-order valence-corrected chi connectivity index (χ3v) is 4.19. The second-order valence-electron chi connectivity index (χ2n) is 5.92. The topological polar surface area (TPSA) is 81.5 Å². The van der Waals surface area contributed by atoms with Gasteiger partial charge in [-0.1, -0.05) is 19.1 Å². The monoisotopic (exact) mass is 342 g/mol. The van der Waals surface area contributed by atoms with Gasteiger partial charge in [-0.2, -0.15) is 0 Å². The molecule has 0 aliphatic carbocycles. The van der Waals surface area contributed by atoms with Crippen molar-refractivity contribution < 1.29 is 14.5 Å². The van der Waals surface area contributed by atoms with Crippen LogP contribution in [-0.4, -0.2) is 17.9 Å². The summed E-state index contributed by atoms with van der Waals surface area (Å²) in [6, 6.07) is 10.0. The van der Waals surface area contributed by atoms with E-state index in [2.05, 4.69) is 5.32 Å². The molecule has 0 spiro atoms. The second-order valence-corrected chi connectivity index (χ2v) is 5.92. The van der Waals surface area contributed by atoms with Crippen LogP contribution in [0.25, 0.3) is 0 Å². The Morgan fingerprint density at radius 1 is 1.20 bits per heavy atom. The zero-order chi connectivity index (χ0) is 18.6. The van der Waals surface area contributed by atoms with Gasteiger partial charge in [0.1, 0.15) is 5.75 Å². The maximum absolute atomic E-state index is 12.5. The molecular weight excluding hydrogens is 320 g/mol. The summed E-state index contributed by atoms with van der Waals surface area (Å²) in [6.07, 6.45) is 0.726. The van der Waals surface area contributed by atoms with E-state index in [1.54, 1.807) is 20.1 Å². The first-order valence-corrected chi connectivity index (χ1v) is 8.07. The number of nitrogens with zero attached hydrogens (tertiary/aromatic N) is 1. The SMILES string of the molecule is CCC(NC(=O)c1ccc([N+](=O)[O-])c(C)c1)c1ccc(OC)c(C)c1. The Kier molecular flexibility index (Phi) is 5.75. The highest BCUT2D eigenvalue weighted by Gasteiger charge is 2.17. The van der Waals surface area contributed by atoms with Crippen LogP contribution >= 0.6 is 0 Å². The number of hydrogen-bond acceptors (Lipinski definition) is 4. The van der Waals surface area contributed by atoms with E-state index in [-0.39, 0.29) is 17.6 Å². The number of nitro groups is 1. The summed E-state index contributed by atoms with van der Waals surface area (Å²) in [6.45, 7) is 5.57. The van der Waals surface area contributed by atoms with E-state index in [0.717, 1.165) is 23.3 Å². The summed E-state index contributed by atoms with van der Waals surface area (Å²) < 4.78 is 5.27. The van der Waals surface area contributed by atoms with Gasteiger partial charge in [-0.25, -0.2) is 0 Å². The van der Waals surface area contributed by atoms with E-state index in [9.17, 15) is 14.9 Å². The number of nitrogens with one attached hydrogen (secondary N) is 1. The van der Waals surface area contributed by atoms with Crippen LogP contribution in [0.5, 0.6) is 5.75 Å². The molecule has 132 valence electrons. The summed E-state index contributed by atoms with van der Waals surface area (Å²) in [5.41, 5.74) is 2.87. The van der Waals surface area contributed by atoms with Gasteiger partial charge in [0.05, 0.1) is 18.1 Å². The summed E-state index contributed by atoms with van der Waals surface area (Å²) in [5, 5.41) is 13.9. The number of benzene rings is 2. The molecular formula is C19H22N2O4. The van der Waals surface area contributed by atoms with Crippen LogP contribution in [0, 0.1) is 24.0 Å². The third-order valence-electron chi connectivity index (χ3n) is 4.19. The van der Waals surface area contributed by atoms with E-state index < -0.39 is 4.92 Å². The molecule has 0 aromatic heterocycles. The predicted molar refractivity (Wildman–Crippen MR) is 96.1 cm³/mol. The molecule has 0 bridgehead atoms. The Morgan fingerprint density at radius 3 is 2.44 bits per heavy atom. The third kappa shape index (κ3) is 4.15. The average molecular weight is 342 g/mol. The fraction of sp³-hybridized carbons (Fsp3) is 0.316. The van der Waals surface area contributed by atoms with Gasteiger partial charge in [0.15, 0.2) is 0 Å². The lowest BCUT2D eigenvalue weighted by atomic mass is 10.0. The van der Waals surface area contributed by atoms with Crippen molar-refractivity contribution in [3.8, 4) is 5.75 Å². The molecule has 25 heavy (non-hydrogen) atoms. The molecule has 0 saturated heterocycles. The fourth-order valence-corrected chi connectivity index (χ4v) is 2.78. The highest BCUT2D eigenvalue weighted by molar-refractivity contribution is 5.95. The zero-order valence-electron chi connectivity index (χ0n) is 14.8. The molecule has 0 aliphatic heterocycles. The number of nitro benzene ring substituents is 1. The summed E-state index contributed by atoms with van der Waals surface area (Å²) in [7, 11) is 1.62.